The van der Waals surface area contributed by atoms with Crippen LogP contribution in [0.25, 0.3) is 0 Å². The highest BCUT2D eigenvalue weighted by Gasteiger charge is 2.53. The number of carbonyl (C=O) groups excluding carboxylic acids is 3. The topological polar surface area (TPSA) is 98.5 Å². The summed E-state index contributed by atoms with van der Waals surface area (Å²) in [7, 11) is 0. The van der Waals surface area contributed by atoms with E-state index in [1.165, 1.54) is 13.8 Å². The summed E-state index contributed by atoms with van der Waals surface area (Å²) in [6.45, 7) is 6.19. The van der Waals surface area contributed by atoms with Gasteiger partial charge in [0.1, 0.15) is 6.10 Å². The Labute approximate surface area is 106 Å². The summed E-state index contributed by atoms with van der Waals surface area (Å²) in [6, 6.07) is 0. The molecular formula is C12H18N2O4. The molecular weight excluding hydrogens is 236 g/mol. The Morgan fingerprint density at radius 3 is 2.44 bits per heavy atom. The molecule has 0 spiro atoms. The van der Waals surface area contributed by atoms with E-state index in [1.54, 1.807) is 6.08 Å². The van der Waals surface area contributed by atoms with Gasteiger partial charge in [0.05, 0.1) is 0 Å². The van der Waals surface area contributed by atoms with Gasteiger partial charge in [0.15, 0.2) is 5.54 Å². The average molecular weight is 254 g/mol. The van der Waals surface area contributed by atoms with Crippen LogP contribution in [-0.4, -0.2) is 29.4 Å². The Morgan fingerprint density at radius 2 is 2.06 bits per heavy atom. The van der Waals surface area contributed by atoms with Gasteiger partial charge >= 0.3 is 5.97 Å². The average Bonchev–Trinajstić information content (AvgIpc) is 2.56. The van der Waals surface area contributed by atoms with Gasteiger partial charge in [0, 0.05) is 13.8 Å². The summed E-state index contributed by atoms with van der Waals surface area (Å²) in [4.78, 5) is 34.0. The first kappa shape index (κ1) is 14.2. The largest absolute Gasteiger partial charge is 0.459 e. The molecule has 1 rings (SSSR count). The molecule has 1 aliphatic carbocycles. The lowest BCUT2D eigenvalue weighted by atomic mass is 9.92. The second kappa shape index (κ2) is 5.20. The second-order valence-electron chi connectivity index (χ2n) is 4.55. The van der Waals surface area contributed by atoms with Crippen LogP contribution in [-0.2, 0) is 19.1 Å². The van der Waals surface area contributed by atoms with Crippen molar-refractivity contribution < 1.29 is 19.1 Å². The zero-order chi connectivity index (χ0) is 13.9. The number of nitrogens with one attached hydrogen (secondary N) is 1. The Bertz CT molecular complexity index is 394. The van der Waals surface area contributed by atoms with Crippen LogP contribution in [0.5, 0.6) is 0 Å². The van der Waals surface area contributed by atoms with E-state index in [0.717, 1.165) is 0 Å². The van der Waals surface area contributed by atoms with Crippen LogP contribution in [0.15, 0.2) is 12.7 Å². The number of hydrogen-bond donors (Lipinski definition) is 2. The van der Waals surface area contributed by atoms with Crippen molar-refractivity contribution in [1.29, 1.82) is 0 Å². The molecule has 6 nitrogen and oxygen atoms in total. The maximum atomic E-state index is 11.7. The van der Waals surface area contributed by atoms with Crippen molar-refractivity contribution in [3.05, 3.63) is 12.7 Å². The van der Waals surface area contributed by atoms with Crippen molar-refractivity contribution >= 4 is 17.8 Å². The minimum absolute atomic E-state index is 0.0336. The van der Waals surface area contributed by atoms with Gasteiger partial charge in [-0.15, -0.1) is 6.58 Å². The predicted molar refractivity (Wildman–Crippen MR) is 64.2 cm³/mol. The molecule has 18 heavy (non-hydrogen) atoms. The van der Waals surface area contributed by atoms with Gasteiger partial charge in [-0.2, -0.15) is 0 Å². The molecule has 0 bridgehead atoms. The minimum atomic E-state index is -1.34. The Morgan fingerprint density at radius 1 is 1.44 bits per heavy atom. The monoisotopic (exact) mass is 254 g/mol. The van der Waals surface area contributed by atoms with Crippen LogP contribution in [0.1, 0.15) is 26.7 Å². The molecule has 1 aliphatic rings. The van der Waals surface area contributed by atoms with E-state index in [4.69, 9.17) is 10.5 Å². The summed E-state index contributed by atoms with van der Waals surface area (Å²) in [6.07, 6.45) is 1.64. The molecule has 2 amide bonds. The standard InChI is InChI=1S/C12H18N2O4/c1-4-9-5-10(18-8(3)16)12(6-9,11(13)17)14-7(2)15/h4,9-10H,1,5-6H2,2-3H3,(H2,13,17)(H,14,15). The maximum Gasteiger partial charge on any atom is 0.303 e. The van der Waals surface area contributed by atoms with Crippen LogP contribution >= 0.6 is 0 Å². The van der Waals surface area contributed by atoms with Crippen molar-refractivity contribution in [3.63, 3.8) is 0 Å². The molecule has 3 atom stereocenters. The van der Waals surface area contributed by atoms with Crippen LogP contribution in [0.2, 0.25) is 0 Å². The van der Waals surface area contributed by atoms with E-state index in [9.17, 15) is 14.4 Å². The molecule has 0 aliphatic heterocycles. The number of allylic oxidation sites excluding steroid dienone is 1. The first-order valence-electron chi connectivity index (χ1n) is 5.70. The van der Waals surface area contributed by atoms with Crippen LogP contribution in [0.4, 0.5) is 0 Å². The molecule has 100 valence electrons. The van der Waals surface area contributed by atoms with Gasteiger partial charge in [-0.1, -0.05) is 6.08 Å². The van der Waals surface area contributed by atoms with E-state index in [-0.39, 0.29) is 5.92 Å². The smallest absolute Gasteiger partial charge is 0.303 e. The lowest BCUT2D eigenvalue weighted by molar-refractivity contribution is -0.153. The number of esters is 1. The van der Waals surface area contributed by atoms with Crippen LogP contribution < -0.4 is 11.1 Å². The fourth-order valence-corrected chi connectivity index (χ4v) is 2.40. The number of rotatable bonds is 4. The third-order valence-corrected chi connectivity index (χ3v) is 3.13. The third kappa shape index (κ3) is 2.69. The molecule has 1 saturated carbocycles. The Balaban J connectivity index is 3.08. The highest BCUT2D eigenvalue weighted by Crippen LogP contribution is 2.37. The molecule has 3 N–H and O–H groups in total. The SMILES string of the molecule is C=CC1CC(OC(C)=O)C(NC(C)=O)(C(N)=O)C1. The number of amides is 2. The van der Waals surface area contributed by atoms with Gasteiger partial charge < -0.3 is 15.8 Å². The molecule has 0 saturated heterocycles. The zero-order valence-electron chi connectivity index (χ0n) is 10.6. The normalized spacial score (nSPS) is 30.6. The highest BCUT2D eigenvalue weighted by molar-refractivity contribution is 5.91. The van der Waals surface area contributed by atoms with Crippen LogP contribution in [0, 0.1) is 5.92 Å². The molecule has 0 aromatic carbocycles. The van der Waals surface area contributed by atoms with E-state index < -0.39 is 29.4 Å². The summed E-state index contributed by atoms with van der Waals surface area (Å²) >= 11 is 0. The summed E-state index contributed by atoms with van der Waals surface area (Å²) in [5.74, 6) is -1.64. The maximum absolute atomic E-state index is 11.7. The summed E-state index contributed by atoms with van der Waals surface area (Å²) in [5, 5.41) is 2.54. The van der Waals surface area contributed by atoms with Gasteiger partial charge in [0.25, 0.3) is 0 Å². The van der Waals surface area contributed by atoms with E-state index in [1.807, 2.05) is 0 Å². The van der Waals surface area contributed by atoms with Crippen molar-refractivity contribution in [2.45, 2.75) is 38.3 Å². The van der Waals surface area contributed by atoms with Gasteiger partial charge in [0.2, 0.25) is 11.8 Å². The molecule has 0 heterocycles. The van der Waals surface area contributed by atoms with Crippen LogP contribution in [0.3, 0.4) is 0 Å². The predicted octanol–water partition coefficient (Wildman–Crippen LogP) is -0.126. The first-order valence-corrected chi connectivity index (χ1v) is 5.70. The number of ether oxygens (including phenoxy) is 1. The fraction of sp³-hybridized carbons (Fsp3) is 0.583. The van der Waals surface area contributed by atoms with E-state index >= 15 is 0 Å². The van der Waals surface area contributed by atoms with Crippen molar-refractivity contribution in [2.75, 3.05) is 0 Å². The first-order chi connectivity index (χ1) is 8.31. The Hall–Kier alpha value is -1.85. The minimum Gasteiger partial charge on any atom is -0.459 e. The van der Waals surface area contributed by atoms with Crippen molar-refractivity contribution in [2.24, 2.45) is 11.7 Å². The molecule has 3 unspecified atom stereocenters. The van der Waals surface area contributed by atoms with Gasteiger partial charge in [-0.3, -0.25) is 14.4 Å². The van der Waals surface area contributed by atoms with Gasteiger partial charge in [-0.25, -0.2) is 0 Å². The Kier molecular flexibility index (Phi) is 4.11. The molecule has 6 heteroatoms. The quantitative estimate of drug-likeness (QED) is 0.539. The lowest BCUT2D eigenvalue weighted by Crippen LogP contribution is -2.62. The van der Waals surface area contributed by atoms with Gasteiger partial charge in [-0.05, 0) is 18.8 Å². The second-order valence-corrected chi connectivity index (χ2v) is 4.55. The summed E-state index contributed by atoms with van der Waals surface area (Å²) in [5.41, 5.74) is 4.05. The lowest BCUT2D eigenvalue weighted by Gasteiger charge is -2.32. The molecule has 0 radical (unpaired) electrons. The van der Waals surface area contributed by atoms with Crippen molar-refractivity contribution in [3.8, 4) is 0 Å². The summed E-state index contributed by atoms with van der Waals surface area (Å²) < 4.78 is 5.12. The number of hydrogen-bond acceptors (Lipinski definition) is 4. The molecule has 0 aromatic heterocycles. The number of primary amides is 1. The highest BCUT2D eigenvalue weighted by atomic mass is 16.5. The van der Waals surface area contributed by atoms with E-state index in [0.29, 0.717) is 12.8 Å². The molecule has 0 aromatic rings. The van der Waals surface area contributed by atoms with E-state index in [2.05, 4.69) is 11.9 Å². The number of carbonyl (C=O) groups is 3. The molecule has 1 fully saturated rings. The van der Waals surface area contributed by atoms with Crippen molar-refractivity contribution in [1.82, 2.24) is 5.32 Å². The fourth-order valence-electron chi connectivity index (χ4n) is 2.40. The third-order valence-electron chi connectivity index (χ3n) is 3.13. The zero-order valence-corrected chi connectivity index (χ0v) is 10.6. The number of nitrogens with two attached hydrogens (primary N) is 1.